The second-order valence-corrected chi connectivity index (χ2v) is 14.9. The van der Waals surface area contributed by atoms with E-state index in [-0.39, 0.29) is 0 Å². The average Bonchev–Trinajstić information content (AvgIpc) is 3.69. The Morgan fingerprint density at radius 3 is 1.85 bits per heavy atom. The van der Waals surface area contributed by atoms with Gasteiger partial charge in [0.1, 0.15) is 11.2 Å². The van der Waals surface area contributed by atoms with Crippen LogP contribution in [0.25, 0.3) is 89.0 Å². The first-order valence-electron chi connectivity index (χ1n) is 20.1. The zero-order valence-electron chi connectivity index (χ0n) is 32.8. The predicted molar refractivity (Wildman–Crippen MR) is 252 cm³/mol. The molecule has 0 bridgehead atoms. The summed E-state index contributed by atoms with van der Waals surface area (Å²) in [6, 6.07) is 73.5. The molecule has 10 aromatic rings. The maximum Gasteiger partial charge on any atom is 0.143 e. The van der Waals surface area contributed by atoms with Crippen molar-refractivity contribution in [1.29, 1.82) is 0 Å². The molecule has 0 atom stereocenters. The van der Waals surface area contributed by atoms with Gasteiger partial charge in [-0.25, -0.2) is 0 Å². The van der Waals surface area contributed by atoms with E-state index in [9.17, 15) is 0 Å². The number of hydrogen-bond acceptors (Lipinski definition) is 2. The molecule has 0 unspecified atom stereocenters. The first kappa shape index (κ1) is 35.7. The molecular formula is C57H41NO. The van der Waals surface area contributed by atoms with Crippen LogP contribution < -0.4 is 4.90 Å². The van der Waals surface area contributed by atoms with Crippen LogP contribution >= 0.6 is 0 Å². The van der Waals surface area contributed by atoms with E-state index in [1.165, 1.54) is 33.0 Å². The van der Waals surface area contributed by atoms with Gasteiger partial charge in [0.15, 0.2) is 0 Å². The molecule has 10 rings (SSSR count). The van der Waals surface area contributed by atoms with E-state index in [0.29, 0.717) is 0 Å². The average molecular weight is 756 g/mol. The number of hydrogen-bond donors (Lipinski definition) is 0. The third-order valence-corrected chi connectivity index (χ3v) is 11.4. The molecule has 59 heavy (non-hydrogen) atoms. The Morgan fingerprint density at radius 2 is 1.05 bits per heavy atom. The van der Waals surface area contributed by atoms with Gasteiger partial charge in [-0.05, 0) is 98.6 Å². The van der Waals surface area contributed by atoms with Crippen LogP contribution in [-0.4, -0.2) is 0 Å². The molecule has 0 radical (unpaired) electrons. The zero-order chi connectivity index (χ0) is 39.7. The standard InChI is InChI=1S/C57H41NO/c1-3-15-41-18-7-9-21-48(41)39(2)58(47-35-30-44(31-36-47)50-24-14-26-54-53-23-11-12-27-56(53)59-57(50)54)46-33-28-40(29-34-46)45-32-37-52(55(38-45)43-16-5-4-6-17-43)51-25-13-20-42-19-8-10-22-49(42)51/h3-38H,2H2,1H3/b15-3-. The summed E-state index contributed by atoms with van der Waals surface area (Å²) in [4.78, 5) is 2.26. The van der Waals surface area contributed by atoms with Gasteiger partial charge in [-0.15, -0.1) is 0 Å². The van der Waals surface area contributed by atoms with Crippen LogP contribution in [0.3, 0.4) is 0 Å². The highest BCUT2D eigenvalue weighted by Crippen LogP contribution is 2.42. The Hall–Kier alpha value is -7.68. The Kier molecular flexibility index (Phi) is 9.29. The van der Waals surface area contributed by atoms with Crippen molar-refractivity contribution in [2.45, 2.75) is 6.92 Å². The van der Waals surface area contributed by atoms with E-state index in [0.717, 1.165) is 72.4 Å². The summed E-state index contributed by atoms with van der Waals surface area (Å²) in [5.74, 6) is 0. The van der Waals surface area contributed by atoms with Crippen molar-refractivity contribution < 1.29 is 4.42 Å². The van der Waals surface area contributed by atoms with Crippen LogP contribution in [0, 0.1) is 0 Å². The normalized spacial score (nSPS) is 11.5. The molecule has 2 nitrogen and oxygen atoms in total. The number of allylic oxidation sites excluding steroid dienone is 1. The highest BCUT2D eigenvalue weighted by Gasteiger charge is 2.19. The molecule has 0 aliphatic rings. The maximum absolute atomic E-state index is 6.41. The molecule has 0 aliphatic carbocycles. The van der Waals surface area contributed by atoms with Crippen molar-refractivity contribution in [2.75, 3.05) is 4.90 Å². The van der Waals surface area contributed by atoms with Gasteiger partial charge < -0.3 is 9.32 Å². The van der Waals surface area contributed by atoms with Crippen molar-refractivity contribution >= 4 is 55.9 Å². The topological polar surface area (TPSA) is 16.4 Å². The summed E-state index contributed by atoms with van der Waals surface area (Å²) >= 11 is 0. The quantitative estimate of drug-likeness (QED) is 0.146. The molecule has 1 heterocycles. The smallest absolute Gasteiger partial charge is 0.143 e. The molecule has 0 saturated heterocycles. The van der Waals surface area contributed by atoms with E-state index in [1.807, 2.05) is 12.1 Å². The van der Waals surface area contributed by atoms with E-state index < -0.39 is 0 Å². The van der Waals surface area contributed by atoms with Crippen molar-refractivity contribution in [2.24, 2.45) is 0 Å². The number of benzene rings is 9. The highest BCUT2D eigenvalue weighted by atomic mass is 16.3. The second-order valence-electron chi connectivity index (χ2n) is 14.9. The fourth-order valence-electron chi connectivity index (χ4n) is 8.51. The van der Waals surface area contributed by atoms with Crippen LogP contribution in [0.15, 0.2) is 223 Å². The van der Waals surface area contributed by atoms with Gasteiger partial charge in [-0.3, -0.25) is 0 Å². The largest absolute Gasteiger partial charge is 0.455 e. The molecule has 0 spiro atoms. The van der Waals surface area contributed by atoms with Crippen molar-refractivity contribution in [3.8, 4) is 44.5 Å². The monoisotopic (exact) mass is 755 g/mol. The van der Waals surface area contributed by atoms with Gasteiger partial charge in [0.2, 0.25) is 0 Å². The molecule has 0 aliphatic heterocycles. The zero-order valence-corrected chi connectivity index (χ0v) is 32.8. The molecule has 0 fully saturated rings. The van der Waals surface area contributed by atoms with Crippen LogP contribution in [0.5, 0.6) is 0 Å². The molecule has 1 aromatic heterocycles. The maximum atomic E-state index is 6.41. The lowest BCUT2D eigenvalue weighted by molar-refractivity contribution is 0.670. The SMILES string of the molecule is C=C(c1ccccc1/C=C\C)N(c1ccc(-c2ccc(-c3cccc4ccccc34)c(-c3ccccc3)c2)cc1)c1ccc(-c2cccc3c2oc2ccccc23)cc1. The second kappa shape index (κ2) is 15.3. The van der Waals surface area contributed by atoms with Crippen molar-refractivity contribution in [1.82, 2.24) is 0 Å². The van der Waals surface area contributed by atoms with E-state index in [4.69, 9.17) is 11.0 Å². The minimum absolute atomic E-state index is 0.893. The van der Waals surface area contributed by atoms with Crippen LogP contribution in [0.4, 0.5) is 11.4 Å². The van der Waals surface area contributed by atoms with E-state index >= 15 is 0 Å². The summed E-state index contributed by atoms with van der Waals surface area (Å²) in [7, 11) is 0. The fraction of sp³-hybridized carbons (Fsp3) is 0.0175. The fourth-order valence-corrected chi connectivity index (χ4v) is 8.51. The predicted octanol–water partition coefficient (Wildman–Crippen LogP) is 16.2. The van der Waals surface area contributed by atoms with Gasteiger partial charge in [0, 0.05) is 39.0 Å². The Balaban J connectivity index is 1.05. The number of para-hydroxylation sites is 2. The number of rotatable bonds is 9. The number of nitrogens with zero attached hydrogens (tertiary/aromatic N) is 1. The Labute approximate surface area is 345 Å². The first-order valence-corrected chi connectivity index (χ1v) is 20.1. The Bertz CT molecular complexity index is 3160. The number of fused-ring (bicyclic) bond motifs is 4. The molecule has 9 aromatic carbocycles. The van der Waals surface area contributed by atoms with Gasteiger partial charge >= 0.3 is 0 Å². The Morgan fingerprint density at radius 1 is 0.458 bits per heavy atom. The molecule has 0 amide bonds. The summed E-state index contributed by atoms with van der Waals surface area (Å²) in [5.41, 5.74) is 16.2. The van der Waals surface area contributed by atoms with Gasteiger partial charge in [0.05, 0.1) is 0 Å². The van der Waals surface area contributed by atoms with Crippen LogP contribution in [-0.2, 0) is 0 Å². The van der Waals surface area contributed by atoms with E-state index in [1.54, 1.807) is 0 Å². The molecule has 0 N–H and O–H groups in total. The minimum Gasteiger partial charge on any atom is -0.455 e. The van der Waals surface area contributed by atoms with Gasteiger partial charge in [-0.2, -0.15) is 0 Å². The van der Waals surface area contributed by atoms with E-state index in [2.05, 4.69) is 218 Å². The molecular weight excluding hydrogens is 715 g/mol. The van der Waals surface area contributed by atoms with Crippen LogP contribution in [0.1, 0.15) is 18.1 Å². The summed E-state index contributed by atoms with van der Waals surface area (Å²) in [6.45, 7) is 6.78. The summed E-state index contributed by atoms with van der Waals surface area (Å²) < 4.78 is 6.41. The molecule has 0 saturated carbocycles. The summed E-state index contributed by atoms with van der Waals surface area (Å²) in [6.07, 6.45) is 4.22. The minimum atomic E-state index is 0.893. The lowest BCUT2D eigenvalue weighted by atomic mass is 9.89. The third-order valence-electron chi connectivity index (χ3n) is 11.4. The first-order chi connectivity index (χ1) is 29.1. The third kappa shape index (κ3) is 6.61. The molecule has 280 valence electrons. The summed E-state index contributed by atoms with van der Waals surface area (Å²) in [5, 5.41) is 4.74. The number of anilines is 2. The van der Waals surface area contributed by atoms with Gasteiger partial charge in [-0.1, -0.05) is 189 Å². The highest BCUT2D eigenvalue weighted by molar-refractivity contribution is 6.09. The van der Waals surface area contributed by atoms with Gasteiger partial charge in [0.25, 0.3) is 0 Å². The van der Waals surface area contributed by atoms with Crippen molar-refractivity contribution in [3.63, 3.8) is 0 Å². The van der Waals surface area contributed by atoms with Crippen molar-refractivity contribution in [3.05, 3.63) is 230 Å². The lowest BCUT2D eigenvalue weighted by Gasteiger charge is -2.28. The lowest BCUT2D eigenvalue weighted by Crippen LogP contribution is -2.15. The molecule has 2 heteroatoms. The van der Waals surface area contributed by atoms with Crippen LogP contribution in [0.2, 0.25) is 0 Å². The number of furan rings is 1.